The maximum absolute atomic E-state index is 12.8. The van der Waals surface area contributed by atoms with Gasteiger partial charge in [0, 0.05) is 6.07 Å². The highest BCUT2D eigenvalue weighted by Gasteiger charge is 2.24. The summed E-state index contributed by atoms with van der Waals surface area (Å²) in [6, 6.07) is 14.2. The van der Waals surface area contributed by atoms with Gasteiger partial charge in [-0.3, -0.25) is 9.10 Å². The first-order valence-electron chi connectivity index (χ1n) is 9.69. The third kappa shape index (κ3) is 6.38. The van der Waals surface area contributed by atoms with Crippen LogP contribution in [0.25, 0.3) is 0 Å². The van der Waals surface area contributed by atoms with Gasteiger partial charge >= 0.3 is 0 Å². The monoisotopic (exact) mass is 434 g/mol. The predicted molar refractivity (Wildman–Crippen MR) is 119 cm³/mol. The van der Waals surface area contributed by atoms with Crippen molar-refractivity contribution in [2.75, 3.05) is 31.3 Å². The van der Waals surface area contributed by atoms with E-state index in [4.69, 9.17) is 9.47 Å². The van der Waals surface area contributed by atoms with Gasteiger partial charge in [0.1, 0.15) is 6.54 Å². The van der Waals surface area contributed by atoms with Crippen molar-refractivity contribution in [2.24, 2.45) is 5.92 Å². The van der Waals surface area contributed by atoms with Crippen LogP contribution in [0.15, 0.2) is 48.5 Å². The van der Waals surface area contributed by atoms with E-state index in [0.29, 0.717) is 23.1 Å². The Hall–Kier alpha value is -2.74. The Bertz CT molecular complexity index is 945. The van der Waals surface area contributed by atoms with Crippen molar-refractivity contribution >= 4 is 21.6 Å². The maximum atomic E-state index is 12.8. The van der Waals surface area contributed by atoms with E-state index in [9.17, 15) is 13.2 Å². The number of hydrogen-bond acceptors (Lipinski definition) is 5. The SMILES string of the molecule is COc1ccc(N(CC(=O)N[C@H](CC(C)C)c2ccccc2)S(C)(=O)=O)cc1OC. The Morgan fingerprint density at radius 2 is 1.67 bits per heavy atom. The summed E-state index contributed by atoms with van der Waals surface area (Å²) in [7, 11) is -0.739. The van der Waals surface area contributed by atoms with Gasteiger partial charge in [0.25, 0.3) is 0 Å². The fraction of sp³-hybridized carbons (Fsp3) is 0.409. The summed E-state index contributed by atoms with van der Waals surface area (Å²) in [6.07, 6.45) is 1.81. The number of carbonyl (C=O) groups is 1. The topological polar surface area (TPSA) is 84.9 Å². The largest absolute Gasteiger partial charge is 0.493 e. The zero-order chi connectivity index (χ0) is 22.3. The fourth-order valence-electron chi connectivity index (χ4n) is 3.19. The highest BCUT2D eigenvalue weighted by Crippen LogP contribution is 2.32. The minimum Gasteiger partial charge on any atom is -0.493 e. The Morgan fingerprint density at radius 3 is 2.20 bits per heavy atom. The summed E-state index contributed by atoms with van der Waals surface area (Å²) in [4.78, 5) is 12.8. The van der Waals surface area contributed by atoms with Crippen molar-refractivity contribution in [2.45, 2.75) is 26.3 Å². The van der Waals surface area contributed by atoms with Gasteiger partial charge in [-0.1, -0.05) is 44.2 Å². The van der Waals surface area contributed by atoms with Gasteiger partial charge in [-0.15, -0.1) is 0 Å². The second-order valence-electron chi connectivity index (χ2n) is 7.47. The van der Waals surface area contributed by atoms with E-state index < -0.39 is 10.0 Å². The molecule has 164 valence electrons. The average molecular weight is 435 g/mol. The molecule has 0 saturated heterocycles. The number of sulfonamides is 1. The van der Waals surface area contributed by atoms with E-state index in [1.54, 1.807) is 12.1 Å². The molecule has 2 aromatic carbocycles. The van der Waals surface area contributed by atoms with Crippen molar-refractivity contribution in [3.63, 3.8) is 0 Å². The molecule has 0 fully saturated rings. The molecule has 0 heterocycles. The number of anilines is 1. The lowest BCUT2D eigenvalue weighted by Gasteiger charge is -2.26. The van der Waals surface area contributed by atoms with Crippen LogP contribution in [0.2, 0.25) is 0 Å². The number of amides is 1. The molecule has 8 heteroatoms. The Balaban J connectivity index is 2.27. The van der Waals surface area contributed by atoms with Crippen LogP contribution in [0.4, 0.5) is 5.69 Å². The molecule has 0 aliphatic carbocycles. The second kappa shape index (κ2) is 10.3. The number of benzene rings is 2. The van der Waals surface area contributed by atoms with Gasteiger partial charge in [0.15, 0.2) is 11.5 Å². The average Bonchev–Trinajstić information content (AvgIpc) is 2.70. The van der Waals surface area contributed by atoms with Gasteiger partial charge in [-0.2, -0.15) is 0 Å². The van der Waals surface area contributed by atoms with Crippen molar-refractivity contribution in [3.05, 3.63) is 54.1 Å². The first-order valence-corrected chi connectivity index (χ1v) is 11.5. The van der Waals surface area contributed by atoms with Crippen LogP contribution in [0.1, 0.15) is 31.9 Å². The molecule has 1 atom stereocenters. The number of methoxy groups -OCH3 is 2. The van der Waals surface area contributed by atoms with Gasteiger partial charge < -0.3 is 14.8 Å². The van der Waals surface area contributed by atoms with Gasteiger partial charge in [0.2, 0.25) is 15.9 Å². The quantitative estimate of drug-likeness (QED) is 0.620. The number of nitrogens with one attached hydrogen (secondary N) is 1. The molecule has 7 nitrogen and oxygen atoms in total. The van der Waals surface area contributed by atoms with Crippen LogP contribution in [-0.2, 0) is 14.8 Å². The molecule has 30 heavy (non-hydrogen) atoms. The molecule has 0 radical (unpaired) electrons. The molecule has 0 unspecified atom stereocenters. The lowest BCUT2D eigenvalue weighted by atomic mass is 9.97. The van der Waals surface area contributed by atoms with Crippen LogP contribution in [-0.4, -0.2) is 41.3 Å². The van der Waals surface area contributed by atoms with E-state index in [1.807, 2.05) is 30.3 Å². The lowest BCUT2D eigenvalue weighted by molar-refractivity contribution is -0.120. The van der Waals surface area contributed by atoms with Crippen LogP contribution in [0.5, 0.6) is 11.5 Å². The molecule has 0 spiro atoms. The van der Waals surface area contributed by atoms with Crippen molar-refractivity contribution < 1.29 is 22.7 Å². The van der Waals surface area contributed by atoms with Crippen molar-refractivity contribution in [3.8, 4) is 11.5 Å². The zero-order valence-corrected chi connectivity index (χ0v) is 18.9. The molecule has 1 amide bonds. The zero-order valence-electron chi connectivity index (χ0n) is 18.1. The Kier molecular flexibility index (Phi) is 8.11. The van der Waals surface area contributed by atoms with Gasteiger partial charge in [0.05, 0.1) is 32.2 Å². The van der Waals surface area contributed by atoms with E-state index in [0.717, 1.165) is 22.5 Å². The van der Waals surface area contributed by atoms with E-state index in [-0.39, 0.29) is 18.5 Å². The molecule has 0 bridgehead atoms. The fourth-order valence-corrected chi connectivity index (χ4v) is 4.03. The first kappa shape index (κ1) is 23.5. The summed E-state index contributed by atoms with van der Waals surface area (Å²) >= 11 is 0. The van der Waals surface area contributed by atoms with E-state index in [1.165, 1.54) is 20.3 Å². The summed E-state index contributed by atoms with van der Waals surface area (Å²) in [5.74, 6) is 0.823. The number of rotatable bonds is 10. The number of carbonyl (C=O) groups excluding carboxylic acids is 1. The molecule has 2 aromatic rings. The molecular formula is C22H30N2O5S. The molecule has 2 rings (SSSR count). The molecule has 0 saturated carbocycles. The van der Waals surface area contributed by atoms with Crippen molar-refractivity contribution in [1.29, 1.82) is 0 Å². The van der Waals surface area contributed by atoms with E-state index in [2.05, 4.69) is 19.2 Å². The van der Waals surface area contributed by atoms with Gasteiger partial charge in [-0.25, -0.2) is 8.42 Å². The smallest absolute Gasteiger partial charge is 0.241 e. The van der Waals surface area contributed by atoms with Crippen LogP contribution in [0, 0.1) is 5.92 Å². The van der Waals surface area contributed by atoms with Crippen molar-refractivity contribution in [1.82, 2.24) is 5.32 Å². The summed E-state index contributed by atoms with van der Waals surface area (Å²) in [5, 5.41) is 2.99. The third-order valence-electron chi connectivity index (χ3n) is 4.59. The minimum atomic E-state index is -3.70. The third-order valence-corrected chi connectivity index (χ3v) is 5.73. The molecule has 1 N–H and O–H groups in total. The molecule has 0 aliphatic heterocycles. The van der Waals surface area contributed by atoms with Crippen LogP contribution >= 0.6 is 0 Å². The first-order chi connectivity index (χ1) is 14.2. The van der Waals surface area contributed by atoms with Gasteiger partial charge in [-0.05, 0) is 30.0 Å². The normalized spacial score (nSPS) is 12.3. The number of nitrogens with zero attached hydrogens (tertiary/aromatic N) is 1. The second-order valence-corrected chi connectivity index (χ2v) is 9.38. The summed E-state index contributed by atoms with van der Waals surface area (Å²) in [5.41, 5.74) is 1.31. The Labute approximate surface area is 179 Å². The maximum Gasteiger partial charge on any atom is 0.241 e. The molecule has 0 aromatic heterocycles. The molecule has 0 aliphatic rings. The highest BCUT2D eigenvalue weighted by molar-refractivity contribution is 7.92. The number of ether oxygens (including phenoxy) is 2. The standard InChI is InChI=1S/C22H30N2O5S/c1-16(2)13-19(17-9-7-6-8-10-17)23-22(25)15-24(30(5,26)27)18-11-12-20(28-3)21(14-18)29-4/h6-12,14,16,19H,13,15H2,1-5H3,(H,23,25)/t19-/m1/s1. The number of hydrogen-bond donors (Lipinski definition) is 1. The lowest BCUT2D eigenvalue weighted by Crippen LogP contribution is -2.41. The van der Waals surface area contributed by atoms with Crippen LogP contribution in [0.3, 0.4) is 0 Å². The van der Waals surface area contributed by atoms with E-state index >= 15 is 0 Å². The highest BCUT2D eigenvalue weighted by atomic mass is 32.2. The summed E-state index contributed by atoms with van der Waals surface area (Å²) in [6.45, 7) is 3.82. The summed E-state index contributed by atoms with van der Waals surface area (Å²) < 4.78 is 36.4. The molecular weight excluding hydrogens is 404 g/mol. The Morgan fingerprint density at radius 1 is 1.03 bits per heavy atom. The predicted octanol–water partition coefficient (Wildman–Crippen LogP) is 3.37. The van der Waals surface area contributed by atoms with Crippen LogP contribution < -0.4 is 19.1 Å². The minimum absolute atomic E-state index is 0.203.